The Hall–Kier alpha value is -0.200. The lowest BCUT2D eigenvalue weighted by Crippen LogP contribution is -2.57. The number of hydrogen-bond acceptors (Lipinski definition) is 4. The second-order valence-electron chi connectivity index (χ2n) is 5.06. The standard InChI is InChI=1S/C16H34NO4/c1-7-11-13-20-15(9-3,18-5)17-16(10-4,19-6)21-14-12-8-2/h7-14H2,1-6H3. The highest BCUT2D eigenvalue weighted by Gasteiger charge is 2.43. The summed E-state index contributed by atoms with van der Waals surface area (Å²) in [6.45, 7) is 9.45. The lowest BCUT2D eigenvalue weighted by molar-refractivity contribution is -0.337. The molecule has 0 heterocycles. The number of hydrogen-bond donors (Lipinski definition) is 0. The van der Waals surface area contributed by atoms with Crippen LogP contribution >= 0.6 is 0 Å². The van der Waals surface area contributed by atoms with E-state index in [1.54, 1.807) is 14.2 Å². The molecule has 0 bridgehead atoms. The van der Waals surface area contributed by atoms with Crippen LogP contribution in [0.5, 0.6) is 0 Å². The van der Waals surface area contributed by atoms with Crippen LogP contribution in [-0.4, -0.2) is 39.3 Å². The molecule has 5 nitrogen and oxygen atoms in total. The molecule has 1 radical (unpaired) electrons. The van der Waals surface area contributed by atoms with Crippen LogP contribution in [0, 0.1) is 0 Å². The fourth-order valence-corrected chi connectivity index (χ4v) is 1.94. The molecule has 0 rings (SSSR count). The van der Waals surface area contributed by atoms with Crippen LogP contribution < -0.4 is 5.32 Å². The average molecular weight is 304 g/mol. The minimum atomic E-state index is -1.01. The van der Waals surface area contributed by atoms with E-state index in [2.05, 4.69) is 19.2 Å². The van der Waals surface area contributed by atoms with Crippen molar-refractivity contribution in [2.24, 2.45) is 0 Å². The molecule has 2 unspecified atom stereocenters. The fraction of sp³-hybridized carbons (Fsp3) is 1.00. The second kappa shape index (κ2) is 11.4. The number of nitrogens with zero attached hydrogens (tertiary/aromatic N) is 1. The van der Waals surface area contributed by atoms with Gasteiger partial charge in [0.1, 0.15) is 0 Å². The van der Waals surface area contributed by atoms with Crippen molar-refractivity contribution in [2.75, 3.05) is 27.4 Å². The smallest absolute Gasteiger partial charge is 0.247 e. The highest BCUT2D eigenvalue weighted by atomic mass is 16.8. The molecular formula is C16H34NO4. The zero-order valence-electron chi connectivity index (χ0n) is 14.7. The predicted molar refractivity (Wildman–Crippen MR) is 83.9 cm³/mol. The Bertz CT molecular complexity index is 216. The van der Waals surface area contributed by atoms with Crippen LogP contribution in [0.4, 0.5) is 0 Å². The van der Waals surface area contributed by atoms with E-state index in [1.807, 2.05) is 13.8 Å². The highest BCUT2D eigenvalue weighted by Crippen LogP contribution is 2.25. The van der Waals surface area contributed by atoms with E-state index >= 15 is 0 Å². The van der Waals surface area contributed by atoms with Crippen molar-refractivity contribution in [1.29, 1.82) is 0 Å². The molecule has 2 atom stereocenters. The molecule has 127 valence electrons. The van der Waals surface area contributed by atoms with E-state index < -0.39 is 11.8 Å². The summed E-state index contributed by atoms with van der Waals surface area (Å²) in [6, 6.07) is 0. The van der Waals surface area contributed by atoms with Gasteiger partial charge in [-0.15, -0.1) is 5.32 Å². The number of methoxy groups -OCH3 is 2. The Morgan fingerprint density at radius 3 is 1.33 bits per heavy atom. The molecule has 0 aliphatic carbocycles. The molecule has 0 aromatic rings. The molecular weight excluding hydrogens is 270 g/mol. The van der Waals surface area contributed by atoms with E-state index in [4.69, 9.17) is 18.9 Å². The Morgan fingerprint density at radius 2 is 1.10 bits per heavy atom. The van der Waals surface area contributed by atoms with E-state index in [0.29, 0.717) is 26.1 Å². The predicted octanol–water partition coefficient (Wildman–Crippen LogP) is 3.64. The Balaban J connectivity index is 4.85. The topological polar surface area (TPSA) is 51.0 Å². The van der Waals surface area contributed by atoms with Gasteiger partial charge in [0.25, 0.3) is 0 Å². The van der Waals surface area contributed by atoms with Gasteiger partial charge < -0.3 is 18.9 Å². The van der Waals surface area contributed by atoms with Crippen LogP contribution in [0.25, 0.3) is 0 Å². The summed E-state index contributed by atoms with van der Waals surface area (Å²) < 4.78 is 22.9. The Morgan fingerprint density at radius 1 is 0.714 bits per heavy atom. The molecule has 21 heavy (non-hydrogen) atoms. The van der Waals surface area contributed by atoms with Gasteiger partial charge in [0.2, 0.25) is 11.8 Å². The average Bonchev–Trinajstić information content (AvgIpc) is 2.53. The highest BCUT2D eigenvalue weighted by molar-refractivity contribution is 4.74. The number of ether oxygens (including phenoxy) is 4. The zero-order chi connectivity index (χ0) is 16.2. The van der Waals surface area contributed by atoms with Crippen LogP contribution in [0.3, 0.4) is 0 Å². The molecule has 0 aromatic carbocycles. The molecule has 0 fully saturated rings. The molecule has 0 N–H and O–H groups in total. The van der Waals surface area contributed by atoms with Crippen LogP contribution in [0.15, 0.2) is 0 Å². The van der Waals surface area contributed by atoms with Gasteiger partial charge in [-0.2, -0.15) is 0 Å². The normalized spacial score (nSPS) is 17.4. The molecule has 0 saturated carbocycles. The summed E-state index contributed by atoms with van der Waals surface area (Å²) in [6.07, 6.45) is 5.30. The first-order valence-electron chi connectivity index (χ1n) is 8.19. The zero-order valence-corrected chi connectivity index (χ0v) is 14.7. The minimum absolute atomic E-state index is 0.607. The van der Waals surface area contributed by atoms with Crippen molar-refractivity contribution in [3.05, 3.63) is 0 Å². The maximum Gasteiger partial charge on any atom is 0.247 e. The van der Waals surface area contributed by atoms with Gasteiger partial charge in [-0.25, -0.2) is 0 Å². The molecule has 0 amide bonds. The Labute approximate surface area is 130 Å². The maximum atomic E-state index is 5.89. The van der Waals surface area contributed by atoms with E-state index in [-0.39, 0.29) is 0 Å². The van der Waals surface area contributed by atoms with Gasteiger partial charge >= 0.3 is 0 Å². The summed E-state index contributed by atoms with van der Waals surface area (Å²) in [7, 11) is 3.22. The third-order valence-electron chi connectivity index (χ3n) is 3.52. The quantitative estimate of drug-likeness (QED) is 0.363. The molecule has 0 aliphatic heterocycles. The molecule has 0 aromatic heterocycles. The third-order valence-corrected chi connectivity index (χ3v) is 3.52. The second-order valence-corrected chi connectivity index (χ2v) is 5.06. The molecule has 0 aliphatic rings. The van der Waals surface area contributed by atoms with Gasteiger partial charge in [0.15, 0.2) is 0 Å². The van der Waals surface area contributed by atoms with E-state index in [9.17, 15) is 0 Å². The van der Waals surface area contributed by atoms with E-state index in [0.717, 1.165) is 25.7 Å². The summed E-state index contributed by atoms with van der Waals surface area (Å²) in [5.74, 6) is -2.01. The number of rotatable bonds is 14. The molecule has 5 heteroatoms. The minimum Gasteiger partial charge on any atom is -0.340 e. The first-order valence-corrected chi connectivity index (χ1v) is 8.19. The van der Waals surface area contributed by atoms with Gasteiger partial charge in [-0.1, -0.05) is 40.5 Å². The van der Waals surface area contributed by atoms with Crippen molar-refractivity contribution in [1.82, 2.24) is 5.32 Å². The summed E-state index contributed by atoms with van der Waals surface area (Å²) in [4.78, 5) is 0. The fourth-order valence-electron chi connectivity index (χ4n) is 1.94. The Kier molecular flexibility index (Phi) is 11.3. The van der Waals surface area contributed by atoms with Crippen molar-refractivity contribution >= 4 is 0 Å². The van der Waals surface area contributed by atoms with Gasteiger partial charge in [0.05, 0.1) is 13.2 Å². The number of unbranched alkanes of at least 4 members (excludes halogenated alkanes) is 2. The summed E-state index contributed by atoms with van der Waals surface area (Å²) in [5.41, 5.74) is 0. The molecule has 0 saturated heterocycles. The largest absolute Gasteiger partial charge is 0.340 e. The van der Waals surface area contributed by atoms with Crippen LogP contribution in [0.1, 0.15) is 66.2 Å². The van der Waals surface area contributed by atoms with Crippen molar-refractivity contribution in [3.63, 3.8) is 0 Å². The van der Waals surface area contributed by atoms with Crippen LogP contribution in [-0.2, 0) is 18.9 Å². The van der Waals surface area contributed by atoms with Crippen molar-refractivity contribution in [2.45, 2.75) is 78.0 Å². The van der Waals surface area contributed by atoms with Crippen molar-refractivity contribution in [3.8, 4) is 0 Å². The SMILES string of the molecule is CCCCOC(CC)([N]C(CC)(OC)OCCCC)OC. The third kappa shape index (κ3) is 7.06. The monoisotopic (exact) mass is 304 g/mol. The maximum absolute atomic E-state index is 5.89. The lowest BCUT2D eigenvalue weighted by atomic mass is 10.2. The van der Waals surface area contributed by atoms with Crippen LogP contribution in [0.2, 0.25) is 0 Å². The first kappa shape index (κ1) is 20.8. The van der Waals surface area contributed by atoms with Gasteiger partial charge in [-0.3, -0.25) is 0 Å². The summed E-state index contributed by atoms with van der Waals surface area (Å²) in [5, 5.41) is 4.67. The van der Waals surface area contributed by atoms with Crippen molar-refractivity contribution < 1.29 is 18.9 Å². The van der Waals surface area contributed by atoms with Gasteiger partial charge in [0, 0.05) is 27.1 Å². The lowest BCUT2D eigenvalue weighted by Gasteiger charge is -2.39. The van der Waals surface area contributed by atoms with E-state index in [1.165, 1.54) is 0 Å². The first-order chi connectivity index (χ1) is 10.1. The molecule has 0 spiro atoms. The summed E-state index contributed by atoms with van der Waals surface area (Å²) >= 11 is 0. The van der Waals surface area contributed by atoms with Gasteiger partial charge in [-0.05, 0) is 12.8 Å².